The molecule has 2 aromatic carbocycles. The van der Waals surface area contributed by atoms with Gasteiger partial charge in [0.05, 0.1) is 21.6 Å². The van der Waals surface area contributed by atoms with E-state index in [9.17, 15) is 4.79 Å². The minimum absolute atomic E-state index is 0.280. The summed E-state index contributed by atoms with van der Waals surface area (Å²) >= 11 is 7.85. The smallest absolute Gasteiger partial charge is 0.262 e. The largest absolute Gasteiger partial charge is 0.298 e. The van der Waals surface area contributed by atoms with E-state index in [1.165, 1.54) is 11.3 Å². The van der Waals surface area contributed by atoms with E-state index in [0.717, 1.165) is 15.9 Å². The van der Waals surface area contributed by atoms with E-state index in [-0.39, 0.29) is 11.1 Å². The normalized spacial score (nSPS) is 11.0. The number of anilines is 1. The second-order valence-electron chi connectivity index (χ2n) is 5.44. The third-order valence-electron chi connectivity index (χ3n) is 3.75. The van der Waals surface area contributed by atoms with Gasteiger partial charge in [0.2, 0.25) is 0 Å². The number of hydrogen-bond acceptors (Lipinski definition) is 4. The van der Waals surface area contributed by atoms with Gasteiger partial charge in [-0.2, -0.15) is 5.10 Å². The monoisotopic (exact) mass is 368 g/mol. The van der Waals surface area contributed by atoms with Gasteiger partial charge in [0.1, 0.15) is 10.7 Å². The number of aryl methyl sites for hydroxylation is 1. The Morgan fingerprint density at radius 3 is 2.60 bits per heavy atom. The van der Waals surface area contributed by atoms with Gasteiger partial charge in [0.15, 0.2) is 5.13 Å². The van der Waals surface area contributed by atoms with Crippen molar-refractivity contribution >= 4 is 44.2 Å². The average Bonchev–Trinajstić information content (AvgIpc) is 3.15. The fraction of sp³-hybridized carbons (Fsp3) is 0.0556. The van der Waals surface area contributed by atoms with Gasteiger partial charge in [0.25, 0.3) is 5.91 Å². The Morgan fingerprint density at radius 1 is 1.12 bits per heavy atom. The predicted molar refractivity (Wildman–Crippen MR) is 101 cm³/mol. The minimum atomic E-state index is -0.316. The highest BCUT2D eigenvalue weighted by molar-refractivity contribution is 7.22. The summed E-state index contributed by atoms with van der Waals surface area (Å²) in [6, 6.07) is 17.2. The van der Waals surface area contributed by atoms with E-state index in [4.69, 9.17) is 11.6 Å². The summed E-state index contributed by atoms with van der Waals surface area (Å²) < 4.78 is 2.57. The quantitative estimate of drug-likeness (QED) is 0.570. The zero-order chi connectivity index (χ0) is 17.4. The summed E-state index contributed by atoms with van der Waals surface area (Å²) in [7, 11) is 0. The molecule has 7 heteroatoms. The number of carbonyl (C=O) groups excluding carboxylic acids is 1. The van der Waals surface area contributed by atoms with Crippen LogP contribution in [0.25, 0.3) is 15.9 Å². The van der Waals surface area contributed by atoms with Crippen molar-refractivity contribution in [1.82, 2.24) is 14.8 Å². The van der Waals surface area contributed by atoms with Crippen LogP contribution in [0.3, 0.4) is 0 Å². The van der Waals surface area contributed by atoms with Crippen LogP contribution in [0.15, 0.2) is 54.6 Å². The van der Waals surface area contributed by atoms with Crippen molar-refractivity contribution < 1.29 is 4.79 Å². The van der Waals surface area contributed by atoms with Crippen molar-refractivity contribution in [3.63, 3.8) is 0 Å². The molecule has 0 saturated carbocycles. The zero-order valence-corrected chi connectivity index (χ0v) is 14.8. The van der Waals surface area contributed by atoms with Crippen LogP contribution in [0.2, 0.25) is 5.15 Å². The highest BCUT2D eigenvalue weighted by atomic mass is 35.5. The second-order valence-corrected chi connectivity index (χ2v) is 6.83. The number of carbonyl (C=O) groups is 1. The van der Waals surface area contributed by atoms with Crippen molar-refractivity contribution in [1.29, 1.82) is 0 Å². The number of fused-ring (bicyclic) bond motifs is 1. The fourth-order valence-electron chi connectivity index (χ4n) is 2.58. The maximum Gasteiger partial charge on any atom is 0.262 e. The molecule has 0 unspecified atom stereocenters. The van der Waals surface area contributed by atoms with Crippen LogP contribution < -0.4 is 5.32 Å². The minimum Gasteiger partial charge on any atom is -0.298 e. The second kappa shape index (κ2) is 6.31. The first-order valence-electron chi connectivity index (χ1n) is 7.61. The molecular weight excluding hydrogens is 356 g/mol. The SMILES string of the molecule is Cc1nn(-c2ccccc2)c(Cl)c1C(=O)Nc1nc2ccccc2s1. The van der Waals surface area contributed by atoms with Crippen molar-refractivity contribution in [3.05, 3.63) is 71.0 Å². The summed E-state index contributed by atoms with van der Waals surface area (Å²) in [5, 5.41) is 8.03. The molecule has 0 radical (unpaired) electrons. The van der Waals surface area contributed by atoms with E-state index in [1.807, 2.05) is 54.6 Å². The van der Waals surface area contributed by atoms with Crippen LogP contribution in [0.4, 0.5) is 5.13 Å². The van der Waals surface area contributed by atoms with Gasteiger partial charge in [0, 0.05) is 0 Å². The molecule has 0 spiro atoms. The Morgan fingerprint density at radius 2 is 1.84 bits per heavy atom. The van der Waals surface area contributed by atoms with E-state index in [2.05, 4.69) is 15.4 Å². The molecule has 0 saturated heterocycles. The highest BCUT2D eigenvalue weighted by Crippen LogP contribution is 2.28. The Kier molecular flexibility index (Phi) is 3.99. The zero-order valence-electron chi connectivity index (χ0n) is 13.2. The predicted octanol–water partition coefficient (Wildman–Crippen LogP) is 4.70. The van der Waals surface area contributed by atoms with Gasteiger partial charge in [-0.25, -0.2) is 9.67 Å². The van der Waals surface area contributed by atoms with Crippen LogP contribution >= 0.6 is 22.9 Å². The molecule has 0 aliphatic rings. The number of nitrogens with one attached hydrogen (secondary N) is 1. The number of amides is 1. The number of benzene rings is 2. The van der Waals surface area contributed by atoms with E-state index in [1.54, 1.807) is 11.6 Å². The number of para-hydroxylation sites is 2. The molecule has 5 nitrogen and oxygen atoms in total. The lowest BCUT2D eigenvalue weighted by molar-refractivity contribution is 0.102. The lowest BCUT2D eigenvalue weighted by Gasteiger charge is -2.03. The first-order valence-corrected chi connectivity index (χ1v) is 8.80. The Balaban J connectivity index is 1.67. The first kappa shape index (κ1) is 15.8. The first-order chi connectivity index (χ1) is 12.1. The molecule has 0 aliphatic heterocycles. The standard InChI is InChI=1S/C18H13ClN4OS/c1-11-15(16(19)23(22-11)12-7-3-2-4-8-12)17(24)21-18-20-13-9-5-6-10-14(13)25-18/h2-10H,1H3,(H,20,21,24). The summed E-state index contributed by atoms with van der Waals surface area (Å²) in [5.41, 5.74) is 2.57. The lowest BCUT2D eigenvalue weighted by Crippen LogP contribution is -2.12. The van der Waals surface area contributed by atoms with E-state index >= 15 is 0 Å². The maximum atomic E-state index is 12.7. The maximum absolute atomic E-state index is 12.7. The molecular formula is C18H13ClN4OS. The summed E-state index contributed by atoms with van der Waals surface area (Å²) in [6.07, 6.45) is 0. The van der Waals surface area contributed by atoms with E-state index < -0.39 is 0 Å². The van der Waals surface area contributed by atoms with Crippen molar-refractivity contribution in [2.45, 2.75) is 6.92 Å². The molecule has 2 heterocycles. The summed E-state index contributed by atoms with van der Waals surface area (Å²) in [6.45, 7) is 1.76. The molecule has 2 aromatic heterocycles. The molecule has 0 atom stereocenters. The third-order valence-corrected chi connectivity index (χ3v) is 5.05. The Bertz CT molecular complexity index is 1040. The van der Waals surface area contributed by atoms with Gasteiger partial charge in [-0.1, -0.05) is 53.3 Å². The van der Waals surface area contributed by atoms with Crippen LogP contribution in [0, 0.1) is 6.92 Å². The Hall–Kier alpha value is -2.70. The Labute approximate surface area is 152 Å². The molecule has 1 amide bonds. The number of halogens is 1. The number of aromatic nitrogens is 3. The molecule has 4 aromatic rings. The van der Waals surface area contributed by atoms with Crippen molar-refractivity contribution in [2.75, 3.05) is 5.32 Å². The molecule has 1 N–H and O–H groups in total. The third kappa shape index (κ3) is 2.90. The van der Waals surface area contributed by atoms with Crippen molar-refractivity contribution in [2.24, 2.45) is 0 Å². The van der Waals surface area contributed by atoms with Crippen LogP contribution in [-0.4, -0.2) is 20.7 Å². The molecule has 4 rings (SSSR count). The molecule has 0 fully saturated rings. The molecule has 25 heavy (non-hydrogen) atoms. The van der Waals surface area contributed by atoms with Gasteiger partial charge in [-0.15, -0.1) is 0 Å². The number of nitrogens with zero attached hydrogens (tertiary/aromatic N) is 3. The van der Waals surface area contributed by atoms with Gasteiger partial charge >= 0.3 is 0 Å². The number of thiazole rings is 1. The number of rotatable bonds is 3. The number of hydrogen-bond donors (Lipinski definition) is 1. The average molecular weight is 369 g/mol. The van der Waals surface area contributed by atoms with Crippen LogP contribution in [0.1, 0.15) is 16.1 Å². The van der Waals surface area contributed by atoms with Gasteiger partial charge in [-0.3, -0.25) is 10.1 Å². The van der Waals surface area contributed by atoms with Crippen molar-refractivity contribution in [3.8, 4) is 5.69 Å². The summed E-state index contributed by atoms with van der Waals surface area (Å²) in [5.74, 6) is -0.316. The fourth-order valence-corrected chi connectivity index (χ4v) is 3.80. The topological polar surface area (TPSA) is 59.8 Å². The molecule has 0 aliphatic carbocycles. The van der Waals surface area contributed by atoms with Gasteiger partial charge < -0.3 is 0 Å². The van der Waals surface area contributed by atoms with E-state index in [0.29, 0.717) is 16.4 Å². The van der Waals surface area contributed by atoms with Gasteiger partial charge in [-0.05, 0) is 31.2 Å². The summed E-state index contributed by atoms with van der Waals surface area (Å²) in [4.78, 5) is 17.1. The highest BCUT2D eigenvalue weighted by Gasteiger charge is 2.22. The van der Waals surface area contributed by atoms with Crippen LogP contribution in [-0.2, 0) is 0 Å². The molecule has 124 valence electrons. The molecule has 0 bridgehead atoms. The van der Waals surface area contributed by atoms with Crippen LogP contribution in [0.5, 0.6) is 0 Å². The lowest BCUT2D eigenvalue weighted by atomic mass is 10.2.